The van der Waals surface area contributed by atoms with Crippen LogP contribution in [0.5, 0.6) is 0 Å². The Hall–Kier alpha value is -2.43. The van der Waals surface area contributed by atoms with Crippen molar-refractivity contribution in [1.82, 2.24) is 14.5 Å². The first-order valence-corrected chi connectivity index (χ1v) is 12.2. The molecule has 1 aliphatic rings. The maximum absolute atomic E-state index is 13.3. The van der Waals surface area contributed by atoms with Crippen LogP contribution in [0.2, 0.25) is 0 Å². The lowest BCUT2D eigenvalue weighted by Gasteiger charge is -2.34. The van der Waals surface area contributed by atoms with Gasteiger partial charge in [0.25, 0.3) is 0 Å². The lowest BCUT2D eigenvalue weighted by Crippen LogP contribution is -2.51. The van der Waals surface area contributed by atoms with Crippen molar-refractivity contribution >= 4 is 15.9 Å². The summed E-state index contributed by atoms with van der Waals surface area (Å²) in [6, 6.07) is 14.2. The molecule has 6 nitrogen and oxygen atoms in total. The summed E-state index contributed by atoms with van der Waals surface area (Å²) in [5, 5.41) is 2.95. The minimum atomic E-state index is -4.76. The maximum atomic E-state index is 13.3. The Balaban J connectivity index is 1.50. The molecule has 0 spiro atoms. The number of nitrogens with one attached hydrogen (secondary N) is 1. The highest BCUT2D eigenvalue weighted by Crippen LogP contribution is 2.35. The maximum Gasteiger partial charge on any atom is 0.417 e. The molecule has 1 heterocycles. The van der Waals surface area contributed by atoms with Gasteiger partial charge in [0.1, 0.15) is 0 Å². The second kappa shape index (κ2) is 10.7. The van der Waals surface area contributed by atoms with E-state index in [1.165, 1.54) is 17.7 Å². The summed E-state index contributed by atoms with van der Waals surface area (Å²) in [6.07, 6.45) is -3.13. The van der Waals surface area contributed by atoms with E-state index in [1.54, 1.807) is 4.90 Å². The van der Waals surface area contributed by atoms with Crippen LogP contribution in [-0.4, -0.2) is 62.3 Å². The topological polar surface area (TPSA) is 69.7 Å². The number of piperazine rings is 1. The van der Waals surface area contributed by atoms with Crippen LogP contribution < -0.4 is 5.32 Å². The average molecular weight is 484 g/mol. The molecule has 1 saturated heterocycles. The van der Waals surface area contributed by atoms with Crippen LogP contribution in [0.15, 0.2) is 59.5 Å². The van der Waals surface area contributed by atoms with Gasteiger partial charge in [-0.15, -0.1) is 0 Å². The number of aryl methyl sites for hydroxylation is 1. The van der Waals surface area contributed by atoms with Crippen molar-refractivity contribution in [3.63, 3.8) is 0 Å². The van der Waals surface area contributed by atoms with Gasteiger partial charge in [0.2, 0.25) is 15.9 Å². The molecule has 0 saturated carbocycles. The summed E-state index contributed by atoms with van der Waals surface area (Å²) in [6.45, 7) is 2.61. The Morgan fingerprint density at radius 3 is 2.24 bits per heavy atom. The number of sulfonamides is 1. The van der Waals surface area contributed by atoms with Crippen molar-refractivity contribution in [2.24, 2.45) is 0 Å². The van der Waals surface area contributed by atoms with Gasteiger partial charge in [-0.05, 0) is 37.5 Å². The third-order valence-electron chi connectivity index (χ3n) is 5.62. The molecule has 180 valence electrons. The zero-order valence-corrected chi connectivity index (χ0v) is 19.2. The van der Waals surface area contributed by atoms with Gasteiger partial charge in [-0.2, -0.15) is 17.5 Å². The van der Waals surface area contributed by atoms with Crippen LogP contribution in [0.4, 0.5) is 13.2 Å². The largest absolute Gasteiger partial charge is 0.417 e. The van der Waals surface area contributed by atoms with Crippen LogP contribution in [0.25, 0.3) is 0 Å². The minimum Gasteiger partial charge on any atom is -0.353 e. The summed E-state index contributed by atoms with van der Waals surface area (Å²) >= 11 is 0. The molecular formula is C23H28F3N3O3S. The Labute approximate surface area is 192 Å². The van der Waals surface area contributed by atoms with Gasteiger partial charge in [0.05, 0.1) is 17.0 Å². The third-order valence-corrected chi connectivity index (χ3v) is 7.58. The third kappa shape index (κ3) is 6.78. The number of hydrogen-bond acceptors (Lipinski definition) is 4. The smallest absolute Gasteiger partial charge is 0.353 e. The predicted octanol–water partition coefficient (Wildman–Crippen LogP) is 3.15. The standard InChI is InChI=1S/C23H28F3N3O3S/c1-18(11-12-19-7-3-2-4-8-19)27-22(30)17-28-13-15-29(16-14-28)33(31,32)21-10-6-5-9-20(21)23(24,25)26/h2-10,18H,11-17H2,1H3,(H,27,30). The van der Waals surface area contributed by atoms with Gasteiger partial charge < -0.3 is 5.32 Å². The van der Waals surface area contributed by atoms with Gasteiger partial charge in [0.15, 0.2) is 0 Å². The average Bonchev–Trinajstić information content (AvgIpc) is 2.78. The van der Waals surface area contributed by atoms with Crippen molar-refractivity contribution in [3.05, 3.63) is 65.7 Å². The fourth-order valence-corrected chi connectivity index (χ4v) is 5.45. The molecule has 1 N–H and O–H groups in total. The highest BCUT2D eigenvalue weighted by molar-refractivity contribution is 7.89. The zero-order valence-electron chi connectivity index (χ0n) is 18.4. The van der Waals surface area contributed by atoms with Crippen molar-refractivity contribution in [2.45, 2.75) is 36.9 Å². The van der Waals surface area contributed by atoms with Crippen molar-refractivity contribution in [1.29, 1.82) is 0 Å². The molecule has 10 heteroatoms. The Bertz CT molecular complexity index is 1040. The van der Waals surface area contributed by atoms with E-state index in [0.717, 1.165) is 29.3 Å². The molecule has 1 amide bonds. The number of nitrogens with zero attached hydrogens (tertiary/aromatic N) is 2. The SMILES string of the molecule is CC(CCc1ccccc1)NC(=O)CN1CCN(S(=O)(=O)c2ccccc2C(F)(F)F)CC1. The van der Waals surface area contributed by atoms with E-state index >= 15 is 0 Å². The number of carbonyl (C=O) groups is 1. The van der Waals surface area contributed by atoms with Crippen LogP contribution in [-0.2, 0) is 27.4 Å². The van der Waals surface area contributed by atoms with E-state index in [-0.39, 0.29) is 44.7 Å². The Morgan fingerprint density at radius 1 is 1.00 bits per heavy atom. The van der Waals surface area contributed by atoms with Crippen molar-refractivity contribution in [2.75, 3.05) is 32.7 Å². The number of halogens is 3. The number of alkyl halides is 3. The fourth-order valence-electron chi connectivity index (χ4n) is 3.82. The first kappa shape index (κ1) is 25.2. The molecule has 0 radical (unpaired) electrons. The van der Waals surface area contributed by atoms with E-state index < -0.39 is 26.7 Å². The summed E-state index contributed by atoms with van der Waals surface area (Å²) in [5.41, 5.74) is 0.0272. The van der Waals surface area contributed by atoms with E-state index in [9.17, 15) is 26.4 Å². The molecule has 1 fully saturated rings. The van der Waals surface area contributed by atoms with E-state index in [0.29, 0.717) is 0 Å². The molecular weight excluding hydrogens is 455 g/mol. The van der Waals surface area contributed by atoms with Crippen molar-refractivity contribution < 1.29 is 26.4 Å². The number of benzene rings is 2. The number of rotatable bonds is 8. The van der Waals surface area contributed by atoms with E-state index in [1.807, 2.05) is 37.3 Å². The van der Waals surface area contributed by atoms with Gasteiger partial charge in [-0.25, -0.2) is 8.42 Å². The highest BCUT2D eigenvalue weighted by atomic mass is 32.2. The molecule has 2 aromatic rings. The van der Waals surface area contributed by atoms with Crippen LogP contribution >= 0.6 is 0 Å². The molecule has 1 aliphatic heterocycles. The van der Waals surface area contributed by atoms with Gasteiger partial charge in [0, 0.05) is 32.2 Å². The predicted molar refractivity (Wildman–Crippen MR) is 119 cm³/mol. The van der Waals surface area contributed by atoms with E-state index in [2.05, 4.69) is 5.32 Å². The summed E-state index contributed by atoms with van der Waals surface area (Å²) in [4.78, 5) is 13.4. The number of hydrogen-bond donors (Lipinski definition) is 1. The normalized spacial score (nSPS) is 17.0. The molecule has 3 rings (SSSR count). The lowest BCUT2D eigenvalue weighted by atomic mass is 10.1. The fraction of sp³-hybridized carbons (Fsp3) is 0.435. The zero-order chi connectivity index (χ0) is 24.1. The van der Waals surface area contributed by atoms with Gasteiger partial charge in [-0.1, -0.05) is 42.5 Å². The Kier molecular flexibility index (Phi) is 8.14. The molecule has 0 aromatic heterocycles. The summed E-state index contributed by atoms with van der Waals surface area (Å²) in [5.74, 6) is -0.158. The van der Waals surface area contributed by atoms with Gasteiger partial charge >= 0.3 is 6.18 Å². The molecule has 1 atom stereocenters. The molecule has 0 aliphatic carbocycles. The quantitative estimate of drug-likeness (QED) is 0.627. The second-order valence-corrected chi connectivity index (χ2v) is 10.1. The minimum absolute atomic E-state index is 0.0155. The van der Waals surface area contributed by atoms with E-state index in [4.69, 9.17) is 0 Å². The molecule has 2 aromatic carbocycles. The Morgan fingerprint density at radius 2 is 1.61 bits per heavy atom. The molecule has 0 bridgehead atoms. The van der Waals surface area contributed by atoms with Crippen LogP contribution in [0, 0.1) is 0 Å². The first-order chi connectivity index (χ1) is 15.6. The summed E-state index contributed by atoms with van der Waals surface area (Å²) < 4.78 is 66.6. The molecule has 33 heavy (non-hydrogen) atoms. The molecule has 1 unspecified atom stereocenters. The number of carbonyl (C=O) groups excluding carboxylic acids is 1. The highest BCUT2D eigenvalue weighted by Gasteiger charge is 2.39. The van der Waals surface area contributed by atoms with Crippen LogP contribution in [0.3, 0.4) is 0 Å². The number of amides is 1. The van der Waals surface area contributed by atoms with Crippen LogP contribution in [0.1, 0.15) is 24.5 Å². The lowest BCUT2D eigenvalue weighted by molar-refractivity contribution is -0.140. The summed E-state index contributed by atoms with van der Waals surface area (Å²) in [7, 11) is -4.29. The second-order valence-electron chi connectivity index (χ2n) is 8.17. The van der Waals surface area contributed by atoms with Crippen molar-refractivity contribution in [3.8, 4) is 0 Å². The van der Waals surface area contributed by atoms with Gasteiger partial charge in [-0.3, -0.25) is 9.69 Å². The first-order valence-electron chi connectivity index (χ1n) is 10.8. The monoisotopic (exact) mass is 483 g/mol.